The second-order valence-electron chi connectivity index (χ2n) is 4.16. The summed E-state index contributed by atoms with van der Waals surface area (Å²) in [6.45, 7) is 1.48. The van der Waals surface area contributed by atoms with Gasteiger partial charge in [-0.25, -0.2) is 0 Å². The van der Waals surface area contributed by atoms with Crippen LogP contribution in [-0.4, -0.2) is 64.2 Å². The molecule has 9 nitrogen and oxygen atoms in total. The van der Waals surface area contributed by atoms with Gasteiger partial charge in [0.2, 0.25) is 0 Å². The Balaban J connectivity index is 4.13. The highest BCUT2D eigenvalue weighted by atomic mass is 16.4. The summed E-state index contributed by atoms with van der Waals surface area (Å²) >= 11 is 0. The first kappa shape index (κ1) is 18.0. The van der Waals surface area contributed by atoms with Gasteiger partial charge in [0.25, 0.3) is 0 Å². The number of Topliss-reactive ketones (excluding diaryl/α,β-unsaturated/α-hetero) is 1. The van der Waals surface area contributed by atoms with Gasteiger partial charge in [-0.05, 0) is 6.92 Å². The minimum atomic E-state index is -1.29. The van der Waals surface area contributed by atoms with E-state index < -0.39 is 36.4 Å². The average Bonchev–Trinajstić information content (AvgIpc) is 2.29. The van der Waals surface area contributed by atoms with Crippen LogP contribution in [0.5, 0.6) is 0 Å². The lowest BCUT2D eigenvalue weighted by molar-refractivity contribution is -0.145. The van der Waals surface area contributed by atoms with E-state index in [1.807, 2.05) is 0 Å². The largest absolute Gasteiger partial charge is 0.481 e. The second kappa shape index (κ2) is 8.99. The zero-order chi connectivity index (χ0) is 15.7. The molecule has 0 saturated carbocycles. The van der Waals surface area contributed by atoms with Crippen LogP contribution in [0.15, 0.2) is 0 Å². The molecule has 0 aliphatic rings. The van der Waals surface area contributed by atoms with E-state index in [-0.39, 0.29) is 25.3 Å². The zero-order valence-electron chi connectivity index (χ0n) is 11.0. The quantitative estimate of drug-likeness (QED) is 0.287. The Morgan fingerprint density at radius 1 is 0.850 bits per heavy atom. The predicted octanol–water partition coefficient (Wildman–Crippen LogP) is -1.47. The fourth-order valence-electron chi connectivity index (χ4n) is 1.45. The molecule has 0 spiro atoms. The summed E-state index contributed by atoms with van der Waals surface area (Å²) in [5.41, 5.74) is 0. The van der Waals surface area contributed by atoms with Gasteiger partial charge in [0, 0.05) is 13.1 Å². The van der Waals surface area contributed by atoms with Gasteiger partial charge < -0.3 is 26.0 Å². The number of aliphatic carboxylic acids is 3. The van der Waals surface area contributed by atoms with E-state index in [4.69, 9.17) is 15.3 Å². The molecule has 0 fully saturated rings. The molecule has 0 aromatic heterocycles. The van der Waals surface area contributed by atoms with Crippen molar-refractivity contribution in [3.05, 3.63) is 0 Å². The third kappa shape index (κ3) is 8.16. The average molecular weight is 290 g/mol. The van der Waals surface area contributed by atoms with E-state index in [1.165, 1.54) is 6.92 Å². The molecule has 0 radical (unpaired) electrons. The van der Waals surface area contributed by atoms with Crippen LogP contribution in [0.4, 0.5) is 0 Å². The van der Waals surface area contributed by atoms with E-state index in [0.29, 0.717) is 0 Å². The molecule has 20 heavy (non-hydrogen) atoms. The van der Waals surface area contributed by atoms with Crippen molar-refractivity contribution < 1.29 is 34.5 Å². The Morgan fingerprint density at radius 3 is 1.60 bits per heavy atom. The van der Waals surface area contributed by atoms with Crippen molar-refractivity contribution in [2.24, 2.45) is 0 Å². The van der Waals surface area contributed by atoms with Crippen LogP contribution < -0.4 is 10.6 Å². The lowest BCUT2D eigenvalue weighted by Gasteiger charge is -2.16. The number of rotatable bonds is 11. The van der Waals surface area contributed by atoms with Gasteiger partial charge in [-0.3, -0.25) is 19.2 Å². The van der Waals surface area contributed by atoms with E-state index >= 15 is 0 Å². The summed E-state index contributed by atoms with van der Waals surface area (Å²) in [4.78, 5) is 42.8. The molecule has 0 aromatic rings. The first-order valence-electron chi connectivity index (χ1n) is 5.87. The number of ketones is 1. The van der Waals surface area contributed by atoms with Crippen LogP contribution in [0.3, 0.4) is 0 Å². The molecule has 5 N–H and O–H groups in total. The third-order valence-electron chi connectivity index (χ3n) is 2.45. The van der Waals surface area contributed by atoms with E-state index in [0.717, 1.165) is 0 Å². The minimum Gasteiger partial charge on any atom is -0.481 e. The van der Waals surface area contributed by atoms with Gasteiger partial charge in [0.15, 0.2) is 0 Å². The van der Waals surface area contributed by atoms with Crippen LogP contribution >= 0.6 is 0 Å². The normalized spacial score (nSPS) is 13.4. The monoisotopic (exact) mass is 290 g/mol. The van der Waals surface area contributed by atoms with Crippen molar-refractivity contribution in [1.29, 1.82) is 0 Å². The zero-order valence-corrected chi connectivity index (χ0v) is 11.0. The molecule has 0 saturated heterocycles. The SMILES string of the molecule is CC(=O)[C@H](CC(=O)O)NCCN[C@@H](CC(=O)O)C(=O)O. The Labute approximate surface area is 115 Å². The molecule has 0 aliphatic heterocycles. The lowest BCUT2D eigenvalue weighted by Crippen LogP contribution is -2.45. The number of carboxylic acid groups (broad SMARTS) is 3. The van der Waals surface area contributed by atoms with Crippen LogP contribution in [0.2, 0.25) is 0 Å². The minimum absolute atomic E-state index is 0.0909. The molecule has 0 rings (SSSR count). The summed E-state index contributed by atoms with van der Waals surface area (Å²) in [6, 6.07) is -2.08. The molecule has 2 atom stereocenters. The second-order valence-corrected chi connectivity index (χ2v) is 4.16. The van der Waals surface area contributed by atoms with Crippen molar-refractivity contribution in [1.82, 2.24) is 10.6 Å². The topological polar surface area (TPSA) is 153 Å². The van der Waals surface area contributed by atoms with Crippen LogP contribution in [0.25, 0.3) is 0 Å². The predicted molar refractivity (Wildman–Crippen MR) is 66.4 cm³/mol. The highest BCUT2D eigenvalue weighted by molar-refractivity contribution is 5.85. The molecular weight excluding hydrogens is 272 g/mol. The fraction of sp³-hybridized carbons (Fsp3) is 0.636. The molecule has 0 amide bonds. The van der Waals surface area contributed by atoms with Gasteiger partial charge in [-0.15, -0.1) is 0 Å². The maximum atomic E-state index is 11.1. The summed E-state index contributed by atoms with van der Waals surface area (Å²) in [7, 11) is 0. The lowest BCUT2D eigenvalue weighted by atomic mass is 10.1. The van der Waals surface area contributed by atoms with Gasteiger partial charge in [-0.2, -0.15) is 0 Å². The van der Waals surface area contributed by atoms with Crippen LogP contribution in [-0.2, 0) is 19.2 Å². The highest BCUT2D eigenvalue weighted by Gasteiger charge is 2.21. The summed E-state index contributed by atoms with van der Waals surface area (Å²) in [5.74, 6) is -4.00. The Kier molecular flexibility index (Phi) is 8.09. The maximum absolute atomic E-state index is 11.1. The number of nitrogens with one attached hydrogen (secondary N) is 2. The molecule has 0 aliphatic carbocycles. The Bertz CT molecular complexity index is 347. The van der Waals surface area contributed by atoms with Crippen molar-refractivity contribution in [3.8, 4) is 0 Å². The van der Waals surface area contributed by atoms with E-state index in [1.54, 1.807) is 0 Å². The summed E-state index contributed by atoms with van der Waals surface area (Å²) in [5, 5.41) is 31.0. The molecule has 0 bridgehead atoms. The van der Waals surface area contributed by atoms with Crippen molar-refractivity contribution >= 4 is 23.7 Å². The number of carboxylic acids is 3. The third-order valence-corrected chi connectivity index (χ3v) is 2.45. The molecule has 0 heterocycles. The maximum Gasteiger partial charge on any atom is 0.321 e. The van der Waals surface area contributed by atoms with Crippen molar-refractivity contribution in [2.45, 2.75) is 31.8 Å². The van der Waals surface area contributed by atoms with Gasteiger partial charge in [0.05, 0.1) is 18.9 Å². The number of carbonyl (C=O) groups is 4. The highest BCUT2D eigenvalue weighted by Crippen LogP contribution is 1.95. The van der Waals surface area contributed by atoms with Crippen molar-refractivity contribution in [3.63, 3.8) is 0 Å². The summed E-state index contributed by atoms with van der Waals surface area (Å²) < 4.78 is 0. The Hall–Kier alpha value is -2.00. The van der Waals surface area contributed by atoms with Crippen LogP contribution in [0, 0.1) is 0 Å². The number of carbonyl (C=O) groups excluding carboxylic acids is 1. The van der Waals surface area contributed by atoms with E-state index in [2.05, 4.69) is 10.6 Å². The molecular formula is C11H18N2O7. The van der Waals surface area contributed by atoms with Gasteiger partial charge in [0.1, 0.15) is 11.8 Å². The van der Waals surface area contributed by atoms with E-state index in [9.17, 15) is 19.2 Å². The first-order chi connectivity index (χ1) is 9.23. The smallest absolute Gasteiger partial charge is 0.321 e. The molecule has 0 unspecified atom stereocenters. The molecule has 9 heteroatoms. The molecule has 114 valence electrons. The molecule has 0 aromatic carbocycles. The van der Waals surface area contributed by atoms with Gasteiger partial charge in [-0.1, -0.05) is 0 Å². The Morgan fingerprint density at radius 2 is 1.25 bits per heavy atom. The van der Waals surface area contributed by atoms with Crippen LogP contribution in [0.1, 0.15) is 19.8 Å². The van der Waals surface area contributed by atoms with Crippen molar-refractivity contribution in [2.75, 3.05) is 13.1 Å². The fourth-order valence-corrected chi connectivity index (χ4v) is 1.45. The first-order valence-corrected chi connectivity index (χ1v) is 5.87. The number of hydrogen-bond donors (Lipinski definition) is 5. The summed E-state index contributed by atoms with van der Waals surface area (Å²) in [6.07, 6.45) is -0.937. The van der Waals surface area contributed by atoms with Gasteiger partial charge >= 0.3 is 17.9 Å². The standard InChI is InChI=1S/C11H18N2O7/c1-6(14)7(4-9(15)16)12-2-3-13-8(11(19)20)5-10(17)18/h7-8,12-13H,2-5H2,1H3,(H,15,16)(H,17,18)(H,19,20)/t7-,8-/m0/s1. The number of hydrogen-bond acceptors (Lipinski definition) is 6.